The molecule has 0 saturated carbocycles. The van der Waals surface area contributed by atoms with E-state index in [9.17, 15) is 14.4 Å². The monoisotopic (exact) mass is 873 g/mol. The molecule has 6 rings (SSSR count). The van der Waals surface area contributed by atoms with Gasteiger partial charge in [-0.3, -0.25) is 14.4 Å². The van der Waals surface area contributed by atoms with Gasteiger partial charge in [-0.1, -0.05) is 97.8 Å². The number of carbonyl (C=O) groups excluding carboxylic acids is 3. The summed E-state index contributed by atoms with van der Waals surface area (Å²) in [4.78, 5) is 52.4. The molecule has 0 saturated heterocycles. The number of hydrogen-bond acceptors (Lipinski definition) is 6. The Balaban J connectivity index is 1.22. The van der Waals surface area contributed by atoms with E-state index in [2.05, 4.69) is 107 Å². The number of nitrogens with one attached hydrogen (secondary N) is 4. The molecule has 9 heteroatoms. The minimum atomic E-state index is -1.12. The summed E-state index contributed by atoms with van der Waals surface area (Å²) in [6.07, 6.45) is 23.1. The summed E-state index contributed by atoms with van der Waals surface area (Å²) in [6.45, 7) is 26.3. The predicted molar refractivity (Wildman–Crippen MR) is 261 cm³/mol. The van der Waals surface area contributed by atoms with E-state index in [0.29, 0.717) is 22.9 Å². The van der Waals surface area contributed by atoms with Crippen molar-refractivity contribution in [3.8, 4) is 0 Å². The second-order valence-electron chi connectivity index (χ2n) is 19.7. The summed E-state index contributed by atoms with van der Waals surface area (Å²) in [7, 11) is 1.33. The number of aromatic amines is 3. The van der Waals surface area contributed by atoms with E-state index in [1.54, 1.807) is 0 Å². The number of Topliss-reactive ketones (excluding diaryl/α,β-unsaturated/α-hetero) is 1. The van der Waals surface area contributed by atoms with Crippen LogP contribution in [-0.4, -0.2) is 52.4 Å². The molecule has 64 heavy (non-hydrogen) atoms. The number of fused-ring (bicyclic) bond motifs is 8. The number of ether oxygens (including phenoxy) is 2. The first-order chi connectivity index (χ1) is 30.6. The highest BCUT2D eigenvalue weighted by atomic mass is 16.5. The first-order valence-corrected chi connectivity index (χ1v) is 24.2. The molecule has 0 amide bonds. The molecule has 5 heterocycles. The lowest BCUT2D eigenvalue weighted by atomic mass is 9.82. The molecule has 3 aromatic rings. The number of H-pyrrole nitrogens is 3. The minimum absolute atomic E-state index is 0.184. The van der Waals surface area contributed by atoms with E-state index in [0.717, 1.165) is 98.0 Å². The van der Waals surface area contributed by atoms with Crippen LogP contribution in [0.1, 0.15) is 169 Å². The number of esters is 2. The highest BCUT2D eigenvalue weighted by molar-refractivity contribution is 6.19. The van der Waals surface area contributed by atoms with Crippen LogP contribution in [0.3, 0.4) is 0 Å². The van der Waals surface area contributed by atoms with Gasteiger partial charge in [-0.25, -0.2) is 0 Å². The summed E-state index contributed by atoms with van der Waals surface area (Å²) in [6, 6.07) is -0.472. The molecule has 4 N–H and O–H groups in total. The van der Waals surface area contributed by atoms with Gasteiger partial charge in [0.25, 0.3) is 0 Å². The Morgan fingerprint density at radius 2 is 1.47 bits per heavy atom. The van der Waals surface area contributed by atoms with Gasteiger partial charge in [-0.15, -0.1) is 0 Å². The average Bonchev–Trinajstić information content (AvgIpc) is 3.99. The maximum atomic E-state index is 14.4. The van der Waals surface area contributed by atoms with Crippen LogP contribution in [-0.2, 0) is 25.5 Å². The highest BCUT2D eigenvalue weighted by Gasteiger charge is 2.47. The number of carbonyl (C=O) groups is 3. The van der Waals surface area contributed by atoms with Gasteiger partial charge in [0.05, 0.1) is 18.5 Å². The fourth-order valence-corrected chi connectivity index (χ4v) is 10.5. The van der Waals surface area contributed by atoms with Crippen molar-refractivity contribution < 1.29 is 23.9 Å². The van der Waals surface area contributed by atoms with E-state index in [1.807, 2.05) is 19.1 Å². The van der Waals surface area contributed by atoms with Crippen molar-refractivity contribution in [2.24, 2.45) is 29.6 Å². The number of aromatic nitrogens is 3. The van der Waals surface area contributed by atoms with Gasteiger partial charge < -0.3 is 29.7 Å². The summed E-state index contributed by atoms with van der Waals surface area (Å²) in [5.41, 5.74) is 11.5. The fourth-order valence-electron chi connectivity index (χ4n) is 10.5. The van der Waals surface area contributed by atoms with Crippen molar-refractivity contribution in [3.63, 3.8) is 0 Å². The van der Waals surface area contributed by atoms with Crippen molar-refractivity contribution in [2.75, 3.05) is 13.7 Å². The summed E-state index contributed by atoms with van der Waals surface area (Å²) < 4.78 is 11.1. The van der Waals surface area contributed by atoms with Crippen molar-refractivity contribution in [1.29, 1.82) is 0 Å². The molecule has 0 radical (unpaired) electrons. The van der Waals surface area contributed by atoms with E-state index in [4.69, 9.17) is 9.47 Å². The Labute approximate surface area is 381 Å². The minimum Gasteiger partial charge on any atom is -0.468 e. The Morgan fingerprint density at radius 1 is 0.812 bits per heavy atom. The first kappa shape index (κ1) is 48.4. The van der Waals surface area contributed by atoms with Gasteiger partial charge in [0, 0.05) is 56.6 Å². The molecule has 9 nitrogen and oxygen atoms in total. The van der Waals surface area contributed by atoms with Crippen LogP contribution in [0, 0.1) is 50.4 Å². The Kier molecular flexibility index (Phi) is 16.1. The largest absolute Gasteiger partial charge is 0.468 e. The van der Waals surface area contributed by atoms with Crippen molar-refractivity contribution in [3.05, 3.63) is 95.7 Å². The maximum absolute atomic E-state index is 14.4. The average molecular weight is 873 g/mol. The standard InChI is InChI=1S/C55H76N4O5/c1-13-39-35(8)42-28-44-37(10)41(24-25-48(60)64-27-26-34(7)23-17-22-33(6)21-16-20-32(5)19-15-18-31(3)4)52(58-44)50-51(55(62)63-12)54(61)49-38(11)45(59-53(49)50)30-47-40(14-2)36(9)43(57-47)29-46(39)56-42/h13,26,28-33,41,51-52,56-59H,1,14-25,27H2,2-12H3/b34-26+,42-28-,45-30-,46-29-/t32-,33?,41+,51-,52+/m1/s1. The van der Waals surface area contributed by atoms with E-state index in [-0.39, 0.29) is 30.7 Å². The summed E-state index contributed by atoms with van der Waals surface area (Å²) in [5, 5.41) is 7.08. The third-order valence-electron chi connectivity index (χ3n) is 14.6. The first-order valence-electron chi connectivity index (χ1n) is 24.2. The summed E-state index contributed by atoms with van der Waals surface area (Å²) >= 11 is 0. The van der Waals surface area contributed by atoms with Crippen molar-refractivity contribution in [1.82, 2.24) is 20.3 Å². The number of methoxy groups -OCH3 is 1. The molecular formula is C55H76N4O5. The normalized spacial score (nSPS) is 20.6. The topological polar surface area (TPSA) is 129 Å². The summed E-state index contributed by atoms with van der Waals surface area (Å²) in [5.74, 6) is -0.140. The maximum Gasteiger partial charge on any atom is 0.320 e. The van der Waals surface area contributed by atoms with Crippen LogP contribution in [0.25, 0.3) is 29.9 Å². The van der Waals surface area contributed by atoms with Crippen LogP contribution in [0.15, 0.2) is 29.5 Å². The third-order valence-corrected chi connectivity index (χ3v) is 14.6. The second kappa shape index (κ2) is 21.3. The van der Waals surface area contributed by atoms with Crippen LogP contribution >= 0.6 is 0 Å². The lowest BCUT2D eigenvalue weighted by Gasteiger charge is -2.26. The van der Waals surface area contributed by atoms with Gasteiger partial charge >= 0.3 is 11.9 Å². The van der Waals surface area contributed by atoms with Gasteiger partial charge in [0.15, 0.2) is 5.78 Å². The molecule has 3 aliphatic rings. The zero-order valence-corrected chi connectivity index (χ0v) is 40.8. The molecule has 5 atom stereocenters. The molecular weight excluding hydrogens is 797 g/mol. The van der Waals surface area contributed by atoms with Crippen LogP contribution in [0.5, 0.6) is 0 Å². The molecule has 8 bridgehead atoms. The molecule has 2 aliphatic heterocycles. The molecule has 1 unspecified atom stereocenters. The highest BCUT2D eigenvalue weighted by Crippen LogP contribution is 2.40. The molecule has 0 aromatic carbocycles. The van der Waals surface area contributed by atoms with Crippen LogP contribution in [0.4, 0.5) is 0 Å². The number of rotatable bonds is 20. The van der Waals surface area contributed by atoms with Crippen molar-refractivity contribution in [2.45, 2.75) is 152 Å². The van der Waals surface area contributed by atoms with E-state index >= 15 is 0 Å². The van der Waals surface area contributed by atoms with E-state index < -0.39 is 17.9 Å². The van der Waals surface area contributed by atoms with Gasteiger partial charge in [-0.2, -0.15) is 0 Å². The Bertz CT molecular complexity index is 2560. The molecule has 0 fully saturated rings. The lowest BCUT2D eigenvalue weighted by Crippen LogP contribution is -2.39. The quantitative estimate of drug-likeness (QED) is 0.0510. The lowest BCUT2D eigenvalue weighted by molar-refractivity contribution is -0.143. The van der Waals surface area contributed by atoms with Gasteiger partial charge in [0.1, 0.15) is 12.5 Å². The molecule has 1 aliphatic carbocycles. The number of ketones is 1. The van der Waals surface area contributed by atoms with Crippen LogP contribution < -0.4 is 26.7 Å². The van der Waals surface area contributed by atoms with Gasteiger partial charge in [-0.05, 0) is 136 Å². The Hall–Kier alpha value is -5.05. The molecule has 0 spiro atoms. The van der Waals surface area contributed by atoms with Gasteiger partial charge in [0.2, 0.25) is 0 Å². The fraction of sp³-hybridized carbons (Fsp3) is 0.545. The zero-order valence-electron chi connectivity index (χ0n) is 40.8. The van der Waals surface area contributed by atoms with Crippen LogP contribution in [0.2, 0.25) is 0 Å². The molecule has 346 valence electrons. The smallest absolute Gasteiger partial charge is 0.320 e. The number of hydrogen-bond donors (Lipinski definition) is 4. The SMILES string of the molecule is C=Cc1c(C)/c2[nH]/c1=C\c1[nH]c(c(CC)c1C)/C=c1\[nH]c3c(c1C)C(=O)[C@H](C(=O)OC)C=3[C@H]1NC(=C(C)[C@@H]1CCC(=O)OC/C=C(\C)CCCC(C)CCC[C@H](C)CCCC(C)C)\C=2. The third kappa shape index (κ3) is 10.6. The zero-order chi connectivity index (χ0) is 46.4. The van der Waals surface area contributed by atoms with E-state index in [1.165, 1.54) is 63.2 Å². The Morgan fingerprint density at radius 3 is 2.12 bits per heavy atom. The predicted octanol–water partition coefficient (Wildman–Crippen LogP) is 8.96. The number of allylic oxidation sites excluding steroid dienone is 2. The van der Waals surface area contributed by atoms with Crippen molar-refractivity contribution >= 4 is 47.6 Å². The molecule has 3 aromatic heterocycles. The second-order valence-corrected chi connectivity index (χ2v) is 19.7.